The summed E-state index contributed by atoms with van der Waals surface area (Å²) in [6, 6.07) is 9.47. The highest BCUT2D eigenvalue weighted by molar-refractivity contribution is 7.57. The molecule has 0 bridgehead atoms. The van der Waals surface area contributed by atoms with E-state index in [-0.39, 0.29) is 37.4 Å². The normalized spacial score (nSPS) is 23.4. The number of carbonyl (C=O) groups excluding carboxylic acids is 1. The fourth-order valence-corrected chi connectivity index (χ4v) is 7.66. The number of amides is 1. The van der Waals surface area contributed by atoms with Crippen molar-refractivity contribution in [2.75, 3.05) is 97.8 Å². The molecule has 1 aliphatic rings. The summed E-state index contributed by atoms with van der Waals surface area (Å²) in [5.41, 5.74) is 0.990. The van der Waals surface area contributed by atoms with Crippen molar-refractivity contribution in [2.45, 2.75) is 13.0 Å². The smallest absolute Gasteiger partial charge is 0.234 e. The van der Waals surface area contributed by atoms with Gasteiger partial charge in [0.25, 0.3) is 0 Å². The zero-order chi connectivity index (χ0) is 29.3. The molecule has 12 nitrogen and oxygen atoms in total. The maximum Gasteiger partial charge on any atom is 0.234 e. The molecule has 224 valence electrons. The minimum Gasteiger partial charge on any atom is -0.348 e. The van der Waals surface area contributed by atoms with Crippen LogP contribution in [0.25, 0.3) is 0 Å². The number of hydrogen-bond donors (Lipinski definition) is 4. The van der Waals surface area contributed by atoms with Crippen LogP contribution in [-0.2, 0) is 18.5 Å². The first-order chi connectivity index (χ1) is 18.0. The van der Waals surface area contributed by atoms with Crippen LogP contribution in [0.15, 0.2) is 30.3 Å². The lowest BCUT2D eigenvalue weighted by Gasteiger charge is -2.34. The van der Waals surface area contributed by atoms with E-state index in [1.807, 2.05) is 56.9 Å². The molecule has 4 atom stereocenters. The van der Waals surface area contributed by atoms with Gasteiger partial charge in [-0.25, -0.2) is 0 Å². The van der Waals surface area contributed by atoms with Crippen LogP contribution >= 0.6 is 22.1 Å². The summed E-state index contributed by atoms with van der Waals surface area (Å²) in [5.74, 6) is -0.156. The van der Waals surface area contributed by atoms with Crippen molar-refractivity contribution in [3.05, 3.63) is 35.9 Å². The Morgan fingerprint density at radius 1 is 0.718 bits per heavy atom. The Hall–Kier alpha value is -0.900. The third kappa shape index (κ3) is 15.6. The second-order valence-electron chi connectivity index (χ2n) is 10.9. The van der Waals surface area contributed by atoms with E-state index in [1.165, 1.54) is 20.0 Å². The molecule has 15 heteroatoms. The van der Waals surface area contributed by atoms with Gasteiger partial charge >= 0.3 is 0 Å². The van der Waals surface area contributed by atoms with E-state index < -0.39 is 22.1 Å². The predicted molar refractivity (Wildman–Crippen MR) is 156 cm³/mol. The third-order valence-corrected chi connectivity index (χ3v) is 9.14. The second kappa shape index (κ2) is 15.4. The van der Waals surface area contributed by atoms with Gasteiger partial charge in [0.15, 0.2) is 0 Å². The van der Waals surface area contributed by atoms with Crippen molar-refractivity contribution in [1.29, 1.82) is 0 Å². The van der Waals surface area contributed by atoms with Crippen LogP contribution in [0.3, 0.4) is 0 Å². The van der Waals surface area contributed by atoms with E-state index in [0.29, 0.717) is 52.4 Å². The molecule has 4 unspecified atom stereocenters. The van der Waals surface area contributed by atoms with Crippen LogP contribution in [0.4, 0.5) is 0 Å². The van der Waals surface area contributed by atoms with E-state index in [4.69, 9.17) is 0 Å². The van der Waals surface area contributed by atoms with Gasteiger partial charge in [0.2, 0.25) is 28.0 Å². The zero-order valence-corrected chi connectivity index (χ0v) is 26.2. The largest absolute Gasteiger partial charge is 0.348 e. The van der Waals surface area contributed by atoms with Crippen LogP contribution in [0.1, 0.15) is 18.5 Å². The molecule has 0 aliphatic carbocycles. The highest BCUT2D eigenvalue weighted by atomic mass is 31.2. The summed E-state index contributed by atoms with van der Waals surface area (Å²) in [6.07, 6.45) is -0.0820. The average Bonchev–Trinajstić information content (AvgIpc) is 2.78. The number of nitrogens with one attached hydrogen (secondary N) is 1. The van der Waals surface area contributed by atoms with Gasteiger partial charge in [-0.15, -0.1) is 0 Å². The zero-order valence-electron chi connectivity index (χ0n) is 23.6. The Balaban J connectivity index is 2.19. The molecule has 1 aromatic carbocycles. The topological polar surface area (TPSA) is 154 Å². The van der Waals surface area contributed by atoms with Crippen molar-refractivity contribution in [3.63, 3.8) is 0 Å². The molecule has 2 rings (SSSR count). The van der Waals surface area contributed by atoms with Gasteiger partial charge in [0.05, 0.1) is 31.4 Å². The maximum absolute atomic E-state index is 13.0. The molecule has 0 spiro atoms. The molecule has 1 heterocycles. The molecule has 1 fully saturated rings. The molecule has 1 amide bonds. The monoisotopic (exact) mass is 609 g/mol. The summed E-state index contributed by atoms with van der Waals surface area (Å²) in [4.78, 5) is 50.6. The van der Waals surface area contributed by atoms with Crippen molar-refractivity contribution in [2.24, 2.45) is 0 Å². The van der Waals surface area contributed by atoms with E-state index in [0.717, 1.165) is 5.56 Å². The third-order valence-electron chi connectivity index (χ3n) is 6.36. The first kappa shape index (κ1) is 34.3. The van der Waals surface area contributed by atoms with Crippen molar-refractivity contribution in [3.8, 4) is 0 Å². The van der Waals surface area contributed by atoms with Crippen LogP contribution in [0.2, 0.25) is 0 Å². The Labute approximate surface area is 232 Å². The van der Waals surface area contributed by atoms with E-state index in [2.05, 4.69) is 5.32 Å². The Bertz CT molecular complexity index is 1010. The second-order valence-corrected chi connectivity index (χ2v) is 18.1. The maximum atomic E-state index is 13.0. The fourth-order valence-electron chi connectivity index (χ4n) is 4.59. The standard InChI is InChI=1S/C24H46N5O7P3/c1-22(23-8-6-5-7-9-23)25-24(30)18-26-10-12-27(19-37(2,31)32)14-16-29(21-39(4,35)36)17-15-28(13-11-26)20-38(3,33)34/h5-9,22H,10-21H2,1-4H3,(H,25,30)(H,31,32)(H,33,34)(H,35,36). The lowest BCUT2D eigenvalue weighted by molar-refractivity contribution is -0.123. The molecule has 1 saturated heterocycles. The molecular weight excluding hydrogens is 563 g/mol. The van der Waals surface area contributed by atoms with Crippen molar-refractivity contribution in [1.82, 2.24) is 24.9 Å². The predicted octanol–water partition coefficient (Wildman–Crippen LogP) is 1.66. The van der Waals surface area contributed by atoms with Crippen LogP contribution in [0, 0.1) is 0 Å². The van der Waals surface area contributed by atoms with Crippen LogP contribution in [-0.4, -0.2) is 138 Å². The van der Waals surface area contributed by atoms with Gasteiger partial charge in [-0.05, 0) is 12.5 Å². The number of rotatable bonds is 10. The van der Waals surface area contributed by atoms with Crippen LogP contribution in [0.5, 0.6) is 0 Å². The molecule has 1 aromatic rings. The molecule has 4 N–H and O–H groups in total. The van der Waals surface area contributed by atoms with Gasteiger partial charge < -0.3 is 20.0 Å². The van der Waals surface area contributed by atoms with Gasteiger partial charge in [0.1, 0.15) is 0 Å². The fraction of sp³-hybridized carbons (Fsp3) is 0.708. The molecule has 1 aliphatic heterocycles. The van der Waals surface area contributed by atoms with Gasteiger partial charge in [-0.3, -0.25) is 38.1 Å². The first-order valence-electron chi connectivity index (χ1n) is 13.1. The molecular formula is C24H46N5O7P3. The highest BCUT2D eigenvalue weighted by Crippen LogP contribution is 2.38. The lowest BCUT2D eigenvalue weighted by atomic mass is 10.1. The van der Waals surface area contributed by atoms with Crippen molar-refractivity contribution >= 4 is 28.0 Å². The Morgan fingerprint density at radius 2 is 1.05 bits per heavy atom. The highest BCUT2D eigenvalue weighted by Gasteiger charge is 2.25. The number of carbonyl (C=O) groups is 1. The summed E-state index contributed by atoms with van der Waals surface area (Å²) in [7, 11) is -10.1. The summed E-state index contributed by atoms with van der Waals surface area (Å²) in [6.45, 7) is 9.24. The van der Waals surface area contributed by atoms with E-state index in [1.54, 1.807) is 0 Å². The lowest BCUT2D eigenvalue weighted by Crippen LogP contribution is -2.48. The summed E-state index contributed by atoms with van der Waals surface area (Å²) >= 11 is 0. The van der Waals surface area contributed by atoms with E-state index in [9.17, 15) is 33.2 Å². The summed E-state index contributed by atoms with van der Waals surface area (Å²) in [5, 5.41) is 3.02. The van der Waals surface area contributed by atoms with E-state index >= 15 is 0 Å². The first-order valence-corrected chi connectivity index (χ1v) is 20.0. The Morgan fingerprint density at radius 3 is 1.38 bits per heavy atom. The Kier molecular flexibility index (Phi) is 13.5. The number of benzene rings is 1. The van der Waals surface area contributed by atoms with Gasteiger partial charge in [-0.2, -0.15) is 0 Å². The van der Waals surface area contributed by atoms with Gasteiger partial charge in [0, 0.05) is 72.4 Å². The molecule has 0 aromatic heterocycles. The molecule has 0 saturated carbocycles. The molecule has 39 heavy (non-hydrogen) atoms. The summed E-state index contributed by atoms with van der Waals surface area (Å²) < 4.78 is 36.6. The van der Waals surface area contributed by atoms with Crippen molar-refractivity contribution < 1.29 is 33.2 Å². The van der Waals surface area contributed by atoms with Crippen LogP contribution < -0.4 is 5.32 Å². The SMILES string of the molecule is CC(NC(=O)CN1CCN(CP(C)(=O)O)CCN(CP(C)(=O)O)CCN(CP(C)(=O)O)CC1)c1ccccc1. The quantitative estimate of drug-likeness (QED) is 0.287. The van der Waals surface area contributed by atoms with Gasteiger partial charge in [-0.1, -0.05) is 30.3 Å². The number of hydrogen-bond acceptors (Lipinski definition) is 8. The average molecular weight is 610 g/mol. The number of nitrogens with zero attached hydrogens (tertiary/aromatic N) is 4. The minimum absolute atomic E-state index is 0.0233. The molecule has 0 radical (unpaired) electrons. The minimum atomic E-state index is -3.37.